The van der Waals surface area contributed by atoms with E-state index < -0.39 is 0 Å². The summed E-state index contributed by atoms with van der Waals surface area (Å²) in [7, 11) is 0. The van der Waals surface area contributed by atoms with Gasteiger partial charge in [0.2, 0.25) is 0 Å². The third-order valence-electron chi connectivity index (χ3n) is 2.05. The van der Waals surface area contributed by atoms with Gasteiger partial charge >= 0.3 is 0 Å². The molecule has 0 saturated heterocycles. The molecule has 0 aliphatic heterocycles. The van der Waals surface area contributed by atoms with Gasteiger partial charge in [0.15, 0.2) is 0 Å². The second kappa shape index (κ2) is 4.66. The van der Waals surface area contributed by atoms with E-state index in [0.717, 1.165) is 5.56 Å². The van der Waals surface area contributed by atoms with Gasteiger partial charge in [0, 0.05) is 0 Å². The maximum atomic E-state index is 8.91. The summed E-state index contributed by atoms with van der Waals surface area (Å²) in [5, 5.41) is 8.91. The number of rotatable bonds is 3. The minimum absolute atomic E-state index is 0.0833. The molecule has 1 aromatic carbocycles. The van der Waals surface area contributed by atoms with E-state index in [2.05, 4.69) is 32.6 Å². The van der Waals surface area contributed by atoms with Crippen molar-refractivity contribution >= 4 is 6.08 Å². The average Bonchev–Trinajstić information content (AvgIpc) is 2.15. The molecule has 0 aromatic heterocycles. The van der Waals surface area contributed by atoms with E-state index in [1.165, 1.54) is 5.56 Å². The van der Waals surface area contributed by atoms with Crippen molar-refractivity contribution in [1.82, 2.24) is 0 Å². The Labute approximate surface area is 85.4 Å². The highest BCUT2D eigenvalue weighted by Gasteiger charge is 1.97. The number of aliphatic hydroxyl groups excluding tert-OH is 1. The first-order valence-corrected chi connectivity index (χ1v) is 4.75. The van der Waals surface area contributed by atoms with E-state index in [0.29, 0.717) is 5.92 Å². The van der Waals surface area contributed by atoms with Crippen molar-refractivity contribution in [1.29, 1.82) is 0 Å². The van der Waals surface area contributed by atoms with Crippen molar-refractivity contribution in [2.75, 3.05) is 0 Å². The fraction of sp³-hybridized carbons (Fsp3) is 0.231. The molecular weight excluding hydrogens is 172 g/mol. The van der Waals surface area contributed by atoms with Crippen LogP contribution in [-0.4, -0.2) is 5.11 Å². The van der Waals surface area contributed by atoms with E-state index in [4.69, 9.17) is 5.11 Å². The van der Waals surface area contributed by atoms with E-state index in [1.807, 2.05) is 18.2 Å². The fourth-order valence-corrected chi connectivity index (χ4v) is 1.21. The summed E-state index contributed by atoms with van der Waals surface area (Å²) in [6, 6.07) is 8.25. The van der Waals surface area contributed by atoms with Gasteiger partial charge in [-0.2, -0.15) is 0 Å². The van der Waals surface area contributed by atoms with E-state index >= 15 is 0 Å². The molecule has 0 saturated carbocycles. The van der Waals surface area contributed by atoms with Gasteiger partial charge in [-0.05, 0) is 23.1 Å². The minimum atomic E-state index is 0.0833. The highest BCUT2D eigenvalue weighted by Crippen LogP contribution is 2.16. The molecular formula is C13H16O. The van der Waals surface area contributed by atoms with Crippen molar-refractivity contribution in [2.24, 2.45) is 0 Å². The van der Waals surface area contributed by atoms with Gasteiger partial charge in [-0.3, -0.25) is 0 Å². The summed E-state index contributed by atoms with van der Waals surface area (Å²) < 4.78 is 0. The van der Waals surface area contributed by atoms with Crippen molar-refractivity contribution in [3.8, 4) is 0 Å². The summed E-state index contributed by atoms with van der Waals surface area (Å²) in [6.45, 7) is 7.72. The largest absolute Gasteiger partial charge is 0.509 e. The Hall–Kier alpha value is -1.50. The quantitative estimate of drug-likeness (QED) is 0.563. The molecule has 0 spiro atoms. The molecule has 1 heteroatoms. The normalized spacial score (nSPS) is 11.1. The maximum Gasteiger partial charge on any atom is 0.108 e. The van der Waals surface area contributed by atoms with Gasteiger partial charge < -0.3 is 5.11 Å². The van der Waals surface area contributed by atoms with E-state index in [-0.39, 0.29) is 5.76 Å². The third-order valence-corrected chi connectivity index (χ3v) is 2.05. The Bertz CT molecular complexity index is 348. The Morgan fingerprint density at radius 1 is 1.43 bits per heavy atom. The minimum Gasteiger partial charge on any atom is -0.509 e. The molecule has 1 N–H and O–H groups in total. The zero-order valence-electron chi connectivity index (χ0n) is 8.70. The van der Waals surface area contributed by atoms with Crippen molar-refractivity contribution < 1.29 is 5.11 Å². The third kappa shape index (κ3) is 3.09. The Kier molecular flexibility index (Phi) is 3.52. The summed E-state index contributed by atoms with van der Waals surface area (Å²) in [5.41, 5.74) is 2.39. The monoisotopic (exact) mass is 188 g/mol. The van der Waals surface area contributed by atoms with Crippen LogP contribution >= 0.6 is 0 Å². The molecule has 0 unspecified atom stereocenters. The Morgan fingerprint density at radius 2 is 2.14 bits per heavy atom. The molecule has 1 aromatic rings. The second-order valence-electron chi connectivity index (χ2n) is 3.65. The Balaban J connectivity index is 2.89. The van der Waals surface area contributed by atoms with Gasteiger partial charge in [-0.25, -0.2) is 0 Å². The lowest BCUT2D eigenvalue weighted by atomic mass is 10.0. The first-order valence-electron chi connectivity index (χ1n) is 4.75. The van der Waals surface area contributed by atoms with E-state index in [1.54, 1.807) is 6.08 Å². The van der Waals surface area contributed by atoms with Gasteiger partial charge in [-0.1, -0.05) is 50.8 Å². The van der Waals surface area contributed by atoms with Crippen LogP contribution in [-0.2, 0) is 0 Å². The maximum absolute atomic E-state index is 8.91. The smallest absolute Gasteiger partial charge is 0.108 e. The number of allylic oxidation sites excluding steroid dienone is 1. The lowest BCUT2D eigenvalue weighted by molar-refractivity contribution is 0.436. The highest BCUT2D eigenvalue weighted by atomic mass is 16.3. The zero-order valence-corrected chi connectivity index (χ0v) is 8.70. The Morgan fingerprint density at radius 3 is 2.71 bits per heavy atom. The summed E-state index contributed by atoms with van der Waals surface area (Å²) >= 11 is 0. The van der Waals surface area contributed by atoms with Crippen LogP contribution in [0.4, 0.5) is 0 Å². The van der Waals surface area contributed by atoms with E-state index in [9.17, 15) is 0 Å². The molecule has 0 amide bonds. The molecule has 0 aliphatic rings. The van der Waals surface area contributed by atoms with Crippen LogP contribution < -0.4 is 0 Å². The molecule has 0 heterocycles. The summed E-state index contributed by atoms with van der Waals surface area (Å²) in [4.78, 5) is 0. The first-order chi connectivity index (χ1) is 6.59. The molecule has 0 atom stereocenters. The zero-order chi connectivity index (χ0) is 10.6. The number of aliphatic hydroxyl groups is 1. The summed E-state index contributed by atoms with van der Waals surface area (Å²) in [6.07, 6.45) is 3.45. The molecule has 74 valence electrons. The molecule has 1 rings (SSSR count). The fourth-order valence-electron chi connectivity index (χ4n) is 1.21. The van der Waals surface area contributed by atoms with Crippen LogP contribution in [0.1, 0.15) is 30.9 Å². The van der Waals surface area contributed by atoms with Crippen molar-refractivity contribution in [3.05, 3.63) is 53.8 Å². The van der Waals surface area contributed by atoms with Crippen LogP contribution in [0.5, 0.6) is 0 Å². The van der Waals surface area contributed by atoms with Gasteiger partial charge in [0.05, 0.1) is 0 Å². The highest BCUT2D eigenvalue weighted by molar-refractivity contribution is 5.52. The van der Waals surface area contributed by atoms with Gasteiger partial charge in [0.25, 0.3) is 0 Å². The lowest BCUT2D eigenvalue weighted by Gasteiger charge is -2.05. The van der Waals surface area contributed by atoms with Crippen LogP contribution in [0, 0.1) is 0 Å². The predicted molar refractivity (Wildman–Crippen MR) is 61.3 cm³/mol. The molecule has 14 heavy (non-hydrogen) atoms. The summed E-state index contributed by atoms with van der Waals surface area (Å²) in [5.74, 6) is 0.612. The van der Waals surface area contributed by atoms with Crippen LogP contribution in [0.3, 0.4) is 0 Å². The average molecular weight is 188 g/mol. The van der Waals surface area contributed by atoms with Crippen molar-refractivity contribution in [3.63, 3.8) is 0 Å². The molecule has 1 nitrogen and oxygen atoms in total. The van der Waals surface area contributed by atoms with Crippen LogP contribution in [0.25, 0.3) is 6.08 Å². The number of hydrogen-bond donors (Lipinski definition) is 1. The number of benzene rings is 1. The second-order valence-corrected chi connectivity index (χ2v) is 3.65. The molecule has 0 aliphatic carbocycles. The SMILES string of the molecule is C=C(O)/C=C/c1cccc(C(C)C)c1. The lowest BCUT2D eigenvalue weighted by Crippen LogP contribution is -1.86. The van der Waals surface area contributed by atoms with Crippen molar-refractivity contribution in [2.45, 2.75) is 19.8 Å². The number of hydrogen-bond acceptors (Lipinski definition) is 1. The first kappa shape index (κ1) is 10.6. The molecule has 0 radical (unpaired) electrons. The van der Waals surface area contributed by atoms with Gasteiger partial charge in [0.1, 0.15) is 5.76 Å². The van der Waals surface area contributed by atoms with Crippen LogP contribution in [0.2, 0.25) is 0 Å². The van der Waals surface area contributed by atoms with Crippen LogP contribution in [0.15, 0.2) is 42.7 Å². The topological polar surface area (TPSA) is 20.2 Å². The molecule has 0 fully saturated rings. The van der Waals surface area contributed by atoms with Gasteiger partial charge in [-0.15, -0.1) is 0 Å². The standard InChI is InChI=1S/C13H16O/c1-10(2)13-6-4-5-12(9-13)8-7-11(3)14/h4-10,14H,3H2,1-2H3/b8-7+. The predicted octanol–water partition coefficient (Wildman–Crippen LogP) is 3.89. The molecule has 0 bridgehead atoms.